The average Bonchev–Trinajstić information content (AvgIpc) is 2.65. The van der Waals surface area contributed by atoms with Gasteiger partial charge in [-0.3, -0.25) is 9.91 Å². The first-order chi connectivity index (χ1) is 12.6. The molecule has 0 atom stereocenters. The third-order valence-electron chi connectivity index (χ3n) is 4.59. The van der Waals surface area contributed by atoms with Crippen LogP contribution in [-0.4, -0.2) is 54.0 Å². The van der Waals surface area contributed by atoms with Gasteiger partial charge in [-0.05, 0) is 36.8 Å². The molecule has 0 aliphatic carbocycles. The van der Waals surface area contributed by atoms with Crippen molar-refractivity contribution in [2.45, 2.75) is 13.5 Å². The molecule has 138 valence electrons. The second-order valence-electron chi connectivity index (χ2n) is 6.39. The Morgan fingerprint density at radius 2 is 1.88 bits per heavy atom. The molecule has 1 fully saturated rings. The summed E-state index contributed by atoms with van der Waals surface area (Å²) in [6.45, 7) is 6.48. The van der Waals surface area contributed by atoms with Crippen LogP contribution in [0.2, 0.25) is 5.02 Å². The topological polar surface area (TPSA) is 48.3 Å². The van der Waals surface area contributed by atoms with Gasteiger partial charge < -0.3 is 9.84 Å². The van der Waals surface area contributed by atoms with Crippen LogP contribution in [0.4, 0.5) is 0 Å². The summed E-state index contributed by atoms with van der Waals surface area (Å²) in [5.41, 5.74) is 3.01. The molecule has 0 unspecified atom stereocenters. The first kappa shape index (κ1) is 18.5. The van der Waals surface area contributed by atoms with E-state index in [0.29, 0.717) is 5.75 Å². The molecule has 1 saturated heterocycles. The van der Waals surface area contributed by atoms with Gasteiger partial charge in [-0.25, -0.2) is 0 Å². The molecule has 3 rings (SSSR count). The van der Waals surface area contributed by atoms with Crippen LogP contribution in [0.5, 0.6) is 11.5 Å². The van der Waals surface area contributed by atoms with E-state index in [1.807, 2.05) is 37.3 Å². The molecule has 1 heterocycles. The SMILES string of the molecule is COc1cc(/C(C)=N/N2CCN(Cc3ccccc3Cl)CC2)ccc1O. The van der Waals surface area contributed by atoms with E-state index >= 15 is 0 Å². The Bertz CT molecular complexity index is 786. The van der Waals surface area contributed by atoms with Crippen LogP contribution < -0.4 is 4.74 Å². The molecule has 1 aliphatic rings. The number of methoxy groups -OCH3 is 1. The van der Waals surface area contributed by atoms with E-state index in [9.17, 15) is 5.11 Å². The third-order valence-corrected chi connectivity index (χ3v) is 4.96. The summed E-state index contributed by atoms with van der Waals surface area (Å²) in [6.07, 6.45) is 0. The fourth-order valence-corrected chi connectivity index (χ4v) is 3.23. The highest BCUT2D eigenvalue weighted by molar-refractivity contribution is 6.31. The van der Waals surface area contributed by atoms with Crippen molar-refractivity contribution >= 4 is 17.3 Å². The van der Waals surface area contributed by atoms with E-state index in [4.69, 9.17) is 21.4 Å². The van der Waals surface area contributed by atoms with Gasteiger partial charge in [0.25, 0.3) is 0 Å². The minimum absolute atomic E-state index is 0.136. The number of nitrogens with zero attached hydrogens (tertiary/aromatic N) is 3. The number of halogens is 1. The number of phenols is 1. The van der Waals surface area contributed by atoms with Crippen molar-refractivity contribution in [3.05, 3.63) is 58.6 Å². The molecule has 0 bridgehead atoms. The highest BCUT2D eigenvalue weighted by Crippen LogP contribution is 2.26. The predicted molar refractivity (Wildman–Crippen MR) is 105 cm³/mol. The highest BCUT2D eigenvalue weighted by atomic mass is 35.5. The first-order valence-electron chi connectivity index (χ1n) is 8.70. The van der Waals surface area contributed by atoms with Crippen LogP contribution in [0.15, 0.2) is 47.6 Å². The van der Waals surface area contributed by atoms with Crippen LogP contribution in [0.3, 0.4) is 0 Å². The first-order valence-corrected chi connectivity index (χ1v) is 9.08. The van der Waals surface area contributed by atoms with Crippen LogP contribution in [0.1, 0.15) is 18.1 Å². The summed E-state index contributed by atoms with van der Waals surface area (Å²) in [5.74, 6) is 0.596. The number of ether oxygens (including phenoxy) is 1. The summed E-state index contributed by atoms with van der Waals surface area (Å²) < 4.78 is 5.17. The predicted octanol–water partition coefficient (Wildman–Crippen LogP) is 3.60. The van der Waals surface area contributed by atoms with Crippen molar-refractivity contribution in [1.29, 1.82) is 0 Å². The van der Waals surface area contributed by atoms with Crippen LogP contribution in [0.25, 0.3) is 0 Å². The van der Waals surface area contributed by atoms with E-state index in [1.54, 1.807) is 13.2 Å². The number of benzene rings is 2. The Morgan fingerprint density at radius 1 is 1.15 bits per heavy atom. The van der Waals surface area contributed by atoms with Gasteiger partial charge in [-0.1, -0.05) is 29.8 Å². The maximum absolute atomic E-state index is 9.72. The Hall–Kier alpha value is -2.24. The molecule has 2 aromatic rings. The zero-order valence-corrected chi connectivity index (χ0v) is 15.9. The fraction of sp³-hybridized carbons (Fsp3) is 0.350. The summed E-state index contributed by atoms with van der Waals surface area (Å²) >= 11 is 6.26. The second-order valence-corrected chi connectivity index (χ2v) is 6.80. The molecule has 26 heavy (non-hydrogen) atoms. The minimum Gasteiger partial charge on any atom is -0.504 e. The number of aromatic hydroxyl groups is 1. The van der Waals surface area contributed by atoms with Crippen molar-refractivity contribution in [1.82, 2.24) is 9.91 Å². The number of hydrazone groups is 1. The third kappa shape index (κ3) is 4.48. The highest BCUT2D eigenvalue weighted by Gasteiger charge is 2.17. The lowest BCUT2D eigenvalue weighted by atomic mass is 10.1. The number of phenolic OH excluding ortho intramolecular Hbond substituents is 1. The molecular formula is C20H24ClN3O2. The zero-order chi connectivity index (χ0) is 18.5. The number of hydrogen-bond donors (Lipinski definition) is 1. The Labute approximate surface area is 159 Å². The molecule has 2 aromatic carbocycles. The Kier molecular flexibility index (Phi) is 6.01. The zero-order valence-electron chi connectivity index (χ0n) is 15.2. The van der Waals surface area contributed by atoms with Crippen LogP contribution >= 0.6 is 11.6 Å². The van der Waals surface area contributed by atoms with Crippen LogP contribution in [0, 0.1) is 0 Å². The molecular weight excluding hydrogens is 350 g/mol. The number of hydrogen-bond acceptors (Lipinski definition) is 5. The summed E-state index contributed by atoms with van der Waals surface area (Å²) in [5, 5.41) is 17.4. The number of rotatable bonds is 5. The quantitative estimate of drug-likeness (QED) is 0.813. The molecule has 1 N–H and O–H groups in total. The monoisotopic (exact) mass is 373 g/mol. The standard InChI is InChI=1S/C20H24ClN3O2/c1-15(16-7-8-19(25)20(13-16)26-2)22-24-11-9-23(10-12-24)14-17-5-3-4-6-18(17)21/h3-8,13,25H,9-12,14H2,1-2H3/b22-15+. The maximum Gasteiger partial charge on any atom is 0.161 e. The lowest BCUT2D eigenvalue weighted by Gasteiger charge is -2.33. The van der Waals surface area contributed by atoms with Crippen molar-refractivity contribution in [2.75, 3.05) is 33.3 Å². The Morgan fingerprint density at radius 3 is 2.58 bits per heavy atom. The van der Waals surface area contributed by atoms with E-state index in [0.717, 1.165) is 49.0 Å². The fourth-order valence-electron chi connectivity index (χ4n) is 3.04. The second kappa shape index (κ2) is 8.43. The molecule has 0 saturated carbocycles. The van der Waals surface area contributed by atoms with E-state index < -0.39 is 0 Å². The normalized spacial score (nSPS) is 16.0. The number of piperazine rings is 1. The smallest absolute Gasteiger partial charge is 0.161 e. The van der Waals surface area contributed by atoms with Crippen LogP contribution in [-0.2, 0) is 6.54 Å². The molecule has 0 spiro atoms. The van der Waals surface area contributed by atoms with Gasteiger partial charge in [0.2, 0.25) is 0 Å². The molecule has 0 aromatic heterocycles. The lowest BCUT2D eigenvalue weighted by molar-refractivity contribution is 0.130. The summed E-state index contributed by atoms with van der Waals surface area (Å²) in [4.78, 5) is 2.39. The molecule has 0 radical (unpaired) electrons. The lowest BCUT2D eigenvalue weighted by Crippen LogP contribution is -2.43. The van der Waals surface area contributed by atoms with Crippen molar-refractivity contribution in [3.63, 3.8) is 0 Å². The van der Waals surface area contributed by atoms with Gasteiger partial charge in [0.05, 0.1) is 12.8 Å². The van der Waals surface area contributed by atoms with Crippen molar-refractivity contribution in [2.24, 2.45) is 5.10 Å². The van der Waals surface area contributed by atoms with Crippen molar-refractivity contribution in [3.8, 4) is 11.5 Å². The van der Waals surface area contributed by atoms with Gasteiger partial charge in [-0.15, -0.1) is 0 Å². The molecule has 6 heteroatoms. The average molecular weight is 374 g/mol. The van der Waals surface area contributed by atoms with Gasteiger partial charge in [0.1, 0.15) is 0 Å². The van der Waals surface area contributed by atoms with E-state index in [1.165, 1.54) is 5.56 Å². The van der Waals surface area contributed by atoms with Crippen molar-refractivity contribution < 1.29 is 9.84 Å². The molecule has 0 amide bonds. The molecule has 5 nitrogen and oxygen atoms in total. The van der Waals surface area contributed by atoms with Gasteiger partial charge in [-0.2, -0.15) is 5.10 Å². The summed E-state index contributed by atoms with van der Waals surface area (Å²) in [7, 11) is 1.55. The van der Waals surface area contributed by atoms with Gasteiger partial charge in [0, 0.05) is 43.3 Å². The maximum atomic E-state index is 9.72. The largest absolute Gasteiger partial charge is 0.504 e. The summed E-state index contributed by atoms with van der Waals surface area (Å²) in [6, 6.07) is 13.3. The Balaban J connectivity index is 1.59. The van der Waals surface area contributed by atoms with E-state index in [-0.39, 0.29) is 5.75 Å². The van der Waals surface area contributed by atoms with Gasteiger partial charge in [0.15, 0.2) is 11.5 Å². The van der Waals surface area contributed by atoms with Gasteiger partial charge >= 0.3 is 0 Å². The minimum atomic E-state index is 0.136. The molecule has 1 aliphatic heterocycles. The van der Waals surface area contributed by atoms with E-state index in [2.05, 4.69) is 16.0 Å².